The topological polar surface area (TPSA) is 55.8 Å². The quantitative estimate of drug-likeness (QED) is 0.512. The molecular formula is C11H20O4. The molecule has 1 fully saturated rings. The Labute approximate surface area is 90.6 Å². The van der Waals surface area contributed by atoms with Gasteiger partial charge in [-0.05, 0) is 19.3 Å². The first-order valence-corrected chi connectivity index (χ1v) is 5.67. The standard InChI is InChI=1S/C11H20O4/c1-2-3-5-15-11(13)9-7-10(8-9)14-6-4-12/h9-10,12H,2-8H2,1H3. The second-order valence-electron chi connectivity index (χ2n) is 3.91. The van der Waals surface area contributed by atoms with Crippen LogP contribution in [0.15, 0.2) is 0 Å². The fraction of sp³-hybridized carbons (Fsp3) is 0.909. The molecule has 0 amide bonds. The number of hydrogen-bond donors (Lipinski definition) is 1. The molecule has 0 unspecified atom stereocenters. The Bertz CT molecular complexity index is 187. The molecule has 0 spiro atoms. The van der Waals surface area contributed by atoms with E-state index >= 15 is 0 Å². The zero-order valence-corrected chi connectivity index (χ0v) is 9.28. The maximum Gasteiger partial charge on any atom is 0.309 e. The molecule has 0 aromatic heterocycles. The second-order valence-corrected chi connectivity index (χ2v) is 3.91. The van der Waals surface area contributed by atoms with E-state index in [0.717, 1.165) is 25.7 Å². The number of rotatable bonds is 7. The van der Waals surface area contributed by atoms with Crippen LogP contribution in [0.3, 0.4) is 0 Å². The van der Waals surface area contributed by atoms with Crippen LogP contribution < -0.4 is 0 Å². The maximum absolute atomic E-state index is 11.4. The highest BCUT2D eigenvalue weighted by atomic mass is 16.5. The molecule has 4 heteroatoms. The van der Waals surface area contributed by atoms with E-state index in [1.54, 1.807) is 0 Å². The minimum absolute atomic E-state index is 0.0190. The van der Waals surface area contributed by atoms with Crippen LogP contribution in [-0.2, 0) is 14.3 Å². The van der Waals surface area contributed by atoms with Gasteiger partial charge in [0.15, 0.2) is 0 Å². The predicted octanol–water partition coefficient (Wildman–Crippen LogP) is 1.12. The van der Waals surface area contributed by atoms with Crippen LogP contribution in [0, 0.1) is 5.92 Å². The third-order valence-corrected chi connectivity index (χ3v) is 2.62. The van der Waals surface area contributed by atoms with E-state index < -0.39 is 0 Å². The van der Waals surface area contributed by atoms with E-state index in [4.69, 9.17) is 14.6 Å². The molecule has 0 aromatic rings. The van der Waals surface area contributed by atoms with Crippen molar-refractivity contribution in [2.45, 2.75) is 38.7 Å². The molecule has 0 bridgehead atoms. The highest BCUT2D eigenvalue weighted by Gasteiger charge is 2.36. The van der Waals surface area contributed by atoms with E-state index in [1.165, 1.54) is 0 Å². The SMILES string of the molecule is CCCCOC(=O)C1CC(OCCO)C1. The van der Waals surface area contributed by atoms with Crippen molar-refractivity contribution in [2.24, 2.45) is 5.92 Å². The fourth-order valence-corrected chi connectivity index (χ4v) is 1.55. The fourth-order valence-electron chi connectivity index (χ4n) is 1.55. The lowest BCUT2D eigenvalue weighted by molar-refractivity contribution is -0.158. The Kier molecular flexibility index (Phi) is 5.65. The lowest BCUT2D eigenvalue weighted by atomic mass is 9.82. The highest BCUT2D eigenvalue weighted by Crippen LogP contribution is 2.30. The zero-order valence-electron chi connectivity index (χ0n) is 9.28. The van der Waals surface area contributed by atoms with Crippen molar-refractivity contribution in [1.82, 2.24) is 0 Å². The summed E-state index contributed by atoms with van der Waals surface area (Å²) in [5.41, 5.74) is 0. The number of carbonyl (C=O) groups is 1. The van der Waals surface area contributed by atoms with Crippen LogP contribution in [0.1, 0.15) is 32.6 Å². The van der Waals surface area contributed by atoms with E-state index in [9.17, 15) is 4.79 Å². The van der Waals surface area contributed by atoms with E-state index in [2.05, 4.69) is 6.92 Å². The monoisotopic (exact) mass is 216 g/mol. The van der Waals surface area contributed by atoms with Gasteiger partial charge in [-0.1, -0.05) is 13.3 Å². The van der Waals surface area contributed by atoms with Gasteiger partial charge in [0.1, 0.15) is 0 Å². The summed E-state index contributed by atoms with van der Waals surface area (Å²) in [5, 5.41) is 8.54. The highest BCUT2D eigenvalue weighted by molar-refractivity contribution is 5.73. The number of unbranched alkanes of at least 4 members (excludes halogenated alkanes) is 1. The molecule has 88 valence electrons. The summed E-state index contributed by atoms with van der Waals surface area (Å²) in [4.78, 5) is 11.4. The van der Waals surface area contributed by atoms with E-state index in [-0.39, 0.29) is 24.6 Å². The van der Waals surface area contributed by atoms with Crippen molar-refractivity contribution < 1.29 is 19.4 Å². The Morgan fingerprint density at radius 2 is 2.13 bits per heavy atom. The van der Waals surface area contributed by atoms with Crippen molar-refractivity contribution in [3.05, 3.63) is 0 Å². The number of aliphatic hydroxyl groups excluding tert-OH is 1. The number of esters is 1. The van der Waals surface area contributed by atoms with Gasteiger partial charge in [-0.3, -0.25) is 4.79 Å². The molecule has 1 N–H and O–H groups in total. The van der Waals surface area contributed by atoms with Gasteiger partial charge in [0, 0.05) is 0 Å². The van der Waals surface area contributed by atoms with Crippen LogP contribution in [0.5, 0.6) is 0 Å². The lowest BCUT2D eigenvalue weighted by Crippen LogP contribution is -2.37. The third kappa shape index (κ3) is 4.18. The Morgan fingerprint density at radius 3 is 2.73 bits per heavy atom. The van der Waals surface area contributed by atoms with Gasteiger partial charge in [-0.2, -0.15) is 0 Å². The number of carbonyl (C=O) groups excluding carboxylic acids is 1. The van der Waals surface area contributed by atoms with Crippen molar-refractivity contribution in [3.63, 3.8) is 0 Å². The number of hydrogen-bond acceptors (Lipinski definition) is 4. The largest absolute Gasteiger partial charge is 0.465 e. The molecule has 0 saturated heterocycles. The van der Waals surface area contributed by atoms with Gasteiger partial charge in [0.25, 0.3) is 0 Å². The summed E-state index contributed by atoms with van der Waals surface area (Å²) in [7, 11) is 0. The molecule has 1 rings (SSSR count). The average molecular weight is 216 g/mol. The average Bonchev–Trinajstić information content (AvgIpc) is 2.16. The van der Waals surface area contributed by atoms with Crippen molar-refractivity contribution >= 4 is 5.97 Å². The van der Waals surface area contributed by atoms with Crippen LogP contribution in [-0.4, -0.2) is 37.0 Å². The van der Waals surface area contributed by atoms with Crippen LogP contribution in [0.4, 0.5) is 0 Å². The van der Waals surface area contributed by atoms with Gasteiger partial charge in [-0.15, -0.1) is 0 Å². The number of aliphatic hydroxyl groups is 1. The lowest BCUT2D eigenvalue weighted by Gasteiger charge is -2.33. The Hall–Kier alpha value is -0.610. The van der Waals surface area contributed by atoms with Crippen LogP contribution >= 0.6 is 0 Å². The van der Waals surface area contributed by atoms with Crippen molar-refractivity contribution in [3.8, 4) is 0 Å². The molecule has 0 aliphatic heterocycles. The minimum Gasteiger partial charge on any atom is -0.465 e. The summed E-state index contributed by atoms with van der Waals surface area (Å²) >= 11 is 0. The molecule has 15 heavy (non-hydrogen) atoms. The first-order valence-electron chi connectivity index (χ1n) is 5.67. The predicted molar refractivity (Wildman–Crippen MR) is 55.4 cm³/mol. The molecular weight excluding hydrogens is 196 g/mol. The number of ether oxygens (including phenoxy) is 2. The zero-order chi connectivity index (χ0) is 11.1. The van der Waals surface area contributed by atoms with Gasteiger partial charge in [0.2, 0.25) is 0 Å². The maximum atomic E-state index is 11.4. The summed E-state index contributed by atoms with van der Waals surface area (Å²) in [6, 6.07) is 0. The second kappa shape index (κ2) is 6.80. The molecule has 1 aliphatic carbocycles. The summed E-state index contributed by atoms with van der Waals surface area (Å²) in [6.07, 6.45) is 3.60. The summed E-state index contributed by atoms with van der Waals surface area (Å²) in [6.45, 7) is 3.01. The Balaban J connectivity index is 2.02. The molecule has 1 aliphatic rings. The van der Waals surface area contributed by atoms with Gasteiger partial charge in [0.05, 0.1) is 31.8 Å². The van der Waals surface area contributed by atoms with E-state index in [1.807, 2.05) is 0 Å². The van der Waals surface area contributed by atoms with Gasteiger partial charge in [-0.25, -0.2) is 0 Å². The smallest absolute Gasteiger partial charge is 0.309 e. The van der Waals surface area contributed by atoms with Crippen LogP contribution in [0.2, 0.25) is 0 Å². The Morgan fingerprint density at radius 1 is 1.40 bits per heavy atom. The molecule has 4 nitrogen and oxygen atoms in total. The van der Waals surface area contributed by atoms with Crippen LogP contribution in [0.25, 0.3) is 0 Å². The molecule has 0 atom stereocenters. The molecule has 0 heterocycles. The molecule has 0 aromatic carbocycles. The first-order chi connectivity index (χ1) is 7.27. The van der Waals surface area contributed by atoms with E-state index in [0.29, 0.717) is 13.2 Å². The summed E-state index contributed by atoms with van der Waals surface area (Å²) < 4.78 is 10.4. The van der Waals surface area contributed by atoms with Crippen molar-refractivity contribution in [2.75, 3.05) is 19.8 Å². The minimum atomic E-state index is -0.0905. The molecule has 1 saturated carbocycles. The summed E-state index contributed by atoms with van der Waals surface area (Å²) in [5.74, 6) is -0.0714. The van der Waals surface area contributed by atoms with Gasteiger partial charge < -0.3 is 14.6 Å². The molecule has 0 radical (unpaired) electrons. The third-order valence-electron chi connectivity index (χ3n) is 2.62. The van der Waals surface area contributed by atoms with Crippen molar-refractivity contribution in [1.29, 1.82) is 0 Å². The van der Waals surface area contributed by atoms with Gasteiger partial charge >= 0.3 is 5.97 Å². The first kappa shape index (κ1) is 12.5. The normalized spacial score (nSPS) is 24.7.